The zero-order valence-corrected chi connectivity index (χ0v) is 9.67. The molecule has 5 nitrogen and oxygen atoms in total. The van der Waals surface area contributed by atoms with Gasteiger partial charge in [0.05, 0.1) is 0 Å². The number of carboxylic acids is 1. The molecule has 1 rings (SSSR count). The number of hydrogen-bond acceptors (Lipinski definition) is 2. The van der Waals surface area contributed by atoms with Gasteiger partial charge in [0.2, 0.25) is 5.91 Å². The molecule has 0 bridgehead atoms. The third kappa shape index (κ3) is 2.62. The molecule has 0 saturated carbocycles. The van der Waals surface area contributed by atoms with E-state index < -0.39 is 5.97 Å². The molecule has 1 amide bonds. The molecule has 0 aliphatic rings. The second kappa shape index (κ2) is 4.83. The molecule has 0 aliphatic carbocycles. The molecule has 0 aliphatic heterocycles. The fourth-order valence-corrected chi connectivity index (χ4v) is 1.29. The molecule has 0 aromatic carbocycles. The number of aromatic carboxylic acids is 1. The quantitative estimate of drug-likeness (QED) is 0.831. The highest BCUT2D eigenvalue weighted by Gasteiger charge is 2.15. The predicted octanol–water partition coefficient (Wildman–Crippen LogP) is 1.05. The van der Waals surface area contributed by atoms with Gasteiger partial charge in [0, 0.05) is 19.3 Å². The molecule has 1 N–H and O–H groups in total. The van der Waals surface area contributed by atoms with Gasteiger partial charge in [-0.25, -0.2) is 4.79 Å². The Labute approximate surface area is 94.3 Å². The fourth-order valence-electron chi connectivity index (χ4n) is 1.29. The van der Waals surface area contributed by atoms with Crippen molar-refractivity contribution in [1.29, 1.82) is 0 Å². The molecule has 5 heteroatoms. The van der Waals surface area contributed by atoms with Gasteiger partial charge in [-0.15, -0.1) is 0 Å². The first kappa shape index (κ1) is 12.3. The van der Waals surface area contributed by atoms with Crippen molar-refractivity contribution in [3.8, 4) is 0 Å². The minimum absolute atomic E-state index is 0.0588. The zero-order chi connectivity index (χ0) is 12.3. The Morgan fingerprint density at radius 2 is 2.12 bits per heavy atom. The van der Waals surface area contributed by atoms with Gasteiger partial charge in [-0.3, -0.25) is 4.79 Å². The average Bonchev–Trinajstić information content (AvgIpc) is 2.64. The Hall–Kier alpha value is -1.78. The first-order chi connectivity index (χ1) is 7.43. The Balaban J connectivity index is 2.77. The summed E-state index contributed by atoms with van der Waals surface area (Å²) in [4.78, 5) is 24.2. The van der Waals surface area contributed by atoms with Crippen LogP contribution in [0.5, 0.6) is 0 Å². The van der Waals surface area contributed by atoms with Crippen LogP contribution in [0.1, 0.15) is 24.3 Å². The highest BCUT2D eigenvalue weighted by molar-refractivity contribution is 5.86. The standard InChI is InChI=1S/C11H16N2O3/c1-8(2)12(3)10(14)7-13-6-4-5-9(13)11(15)16/h4-6,8H,7H2,1-3H3,(H,15,16). The van der Waals surface area contributed by atoms with Crippen LogP contribution in [0.2, 0.25) is 0 Å². The van der Waals surface area contributed by atoms with Crippen molar-refractivity contribution < 1.29 is 14.7 Å². The molecule has 88 valence electrons. The summed E-state index contributed by atoms with van der Waals surface area (Å²) in [6.45, 7) is 3.88. The smallest absolute Gasteiger partial charge is 0.352 e. The van der Waals surface area contributed by atoms with E-state index in [9.17, 15) is 9.59 Å². The number of aromatic nitrogens is 1. The molecule has 0 atom stereocenters. The van der Waals surface area contributed by atoms with Gasteiger partial charge in [0.25, 0.3) is 0 Å². The third-order valence-electron chi connectivity index (χ3n) is 2.52. The van der Waals surface area contributed by atoms with Gasteiger partial charge >= 0.3 is 5.97 Å². The molecular weight excluding hydrogens is 208 g/mol. The van der Waals surface area contributed by atoms with Crippen LogP contribution in [-0.4, -0.2) is 39.5 Å². The molecule has 0 saturated heterocycles. The summed E-state index contributed by atoms with van der Waals surface area (Å²) in [7, 11) is 1.71. The normalized spacial score (nSPS) is 10.5. The highest BCUT2D eigenvalue weighted by Crippen LogP contribution is 2.04. The number of carbonyl (C=O) groups is 2. The predicted molar refractivity (Wildman–Crippen MR) is 59.3 cm³/mol. The van der Waals surface area contributed by atoms with Crippen LogP contribution in [0.4, 0.5) is 0 Å². The molecular formula is C11H16N2O3. The fraction of sp³-hybridized carbons (Fsp3) is 0.455. The maximum absolute atomic E-state index is 11.7. The number of rotatable bonds is 4. The van der Waals surface area contributed by atoms with Crippen molar-refractivity contribution in [2.24, 2.45) is 0 Å². The van der Waals surface area contributed by atoms with Crippen LogP contribution in [0.3, 0.4) is 0 Å². The first-order valence-corrected chi connectivity index (χ1v) is 5.07. The summed E-state index contributed by atoms with van der Waals surface area (Å²) in [6.07, 6.45) is 1.59. The van der Waals surface area contributed by atoms with E-state index in [2.05, 4.69) is 0 Å². The van der Waals surface area contributed by atoms with E-state index in [-0.39, 0.29) is 24.2 Å². The largest absolute Gasteiger partial charge is 0.477 e. The number of nitrogens with zero attached hydrogens (tertiary/aromatic N) is 2. The molecule has 0 unspecified atom stereocenters. The SMILES string of the molecule is CC(C)N(C)C(=O)Cn1cccc1C(=O)O. The van der Waals surface area contributed by atoms with Gasteiger partial charge in [-0.2, -0.15) is 0 Å². The number of amides is 1. The summed E-state index contributed by atoms with van der Waals surface area (Å²) in [5, 5.41) is 8.87. The van der Waals surface area contributed by atoms with Gasteiger partial charge in [-0.1, -0.05) is 0 Å². The lowest BCUT2D eigenvalue weighted by molar-refractivity contribution is -0.132. The lowest BCUT2D eigenvalue weighted by Gasteiger charge is -2.21. The van der Waals surface area contributed by atoms with E-state index in [4.69, 9.17) is 5.11 Å². The van der Waals surface area contributed by atoms with Crippen LogP contribution >= 0.6 is 0 Å². The summed E-state index contributed by atoms with van der Waals surface area (Å²) in [5.41, 5.74) is 0.130. The van der Waals surface area contributed by atoms with E-state index in [1.54, 1.807) is 24.2 Å². The molecule has 1 heterocycles. The Bertz CT molecular complexity index is 396. The number of hydrogen-bond donors (Lipinski definition) is 1. The molecule has 16 heavy (non-hydrogen) atoms. The second-order valence-corrected chi connectivity index (χ2v) is 3.92. The van der Waals surface area contributed by atoms with E-state index in [1.165, 1.54) is 10.6 Å². The van der Waals surface area contributed by atoms with Crippen molar-refractivity contribution >= 4 is 11.9 Å². The summed E-state index contributed by atoms with van der Waals surface area (Å²) < 4.78 is 1.43. The van der Waals surface area contributed by atoms with Crippen LogP contribution in [0.15, 0.2) is 18.3 Å². The molecule has 0 radical (unpaired) electrons. The lowest BCUT2D eigenvalue weighted by atomic mass is 10.3. The minimum Gasteiger partial charge on any atom is -0.477 e. The number of carbonyl (C=O) groups excluding carboxylic acids is 1. The van der Waals surface area contributed by atoms with Crippen molar-refractivity contribution in [2.45, 2.75) is 26.4 Å². The lowest BCUT2D eigenvalue weighted by Crippen LogP contribution is -2.35. The van der Waals surface area contributed by atoms with E-state index in [0.717, 1.165) is 0 Å². The van der Waals surface area contributed by atoms with Gasteiger partial charge in [0.15, 0.2) is 0 Å². The van der Waals surface area contributed by atoms with Crippen molar-refractivity contribution in [3.63, 3.8) is 0 Å². The van der Waals surface area contributed by atoms with Gasteiger partial charge in [0.1, 0.15) is 12.2 Å². The average molecular weight is 224 g/mol. The van der Waals surface area contributed by atoms with E-state index >= 15 is 0 Å². The third-order valence-corrected chi connectivity index (χ3v) is 2.52. The Kier molecular flexibility index (Phi) is 3.71. The maximum Gasteiger partial charge on any atom is 0.352 e. The molecule has 1 aromatic heterocycles. The van der Waals surface area contributed by atoms with Crippen LogP contribution in [0, 0.1) is 0 Å². The molecule has 0 spiro atoms. The minimum atomic E-state index is -1.02. The molecule has 0 fully saturated rings. The zero-order valence-electron chi connectivity index (χ0n) is 9.67. The van der Waals surface area contributed by atoms with Crippen LogP contribution in [-0.2, 0) is 11.3 Å². The summed E-state index contributed by atoms with van der Waals surface area (Å²) in [6, 6.07) is 3.20. The number of likely N-dealkylation sites (N-methyl/N-ethyl adjacent to an activating group) is 1. The maximum atomic E-state index is 11.7. The van der Waals surface area contributed by atoms with Gasteiger partial charge in [-0.05, 0) is 26.0 Å². The summed E-state index contributed by atoms with van der Waals surface area (Å²) in [5.74, 6) is -1.13. The summed E-state index contributed by atoms with van der Waals surface area (Å²) >= 11 is 0. The second-order valence-electron chi connectivity index (χ2n) is 3.92. The topological polar surface area (TPSA) is 62.5 Å². The number of carboxylic acid groups (broad SMARTS) is 1. The Morgan fingerprint density at radius 1 is 1.50 bits per heavy atom. The van der Waals surface area contributed by atoms with Crippen LogP contribution < -0.4 is 0 Å². The first-order valence-electron chi connectivity index (χ1n) is 5.07. The Morgan fingerprint density at radius 3 is 2.62 bits per heavy atom. The molecule has 1 aromatic rings. The highest BCUT2D eigenvalue weighted by atomic mass is 16.4. The van der Waals surface area contributed by atoms with Crippen molar-refractivity contribution in [1.82, 2.24) is 9.47 Å². The van der Waals surface area contributed by atoms with E-state index in [0.29, 0.717) is 0 Å². The van der Waals surface area contributed by atoms with Crippen molar-refractivity contribution in [2.75, 3.05) is 7.05 Å². The monoisotopic (exact) mass is 224 g/mol. The van der Waals surface area contributed by atoms with Gasteiger partial charge < -0.3 is 14.6 Å². The van der Waals surface area contributed by atoms with Crippen molar-refractivity contribution in [3.05, 3.63) is 24.0 Å². The van der Waals surface area contributed by atoms with E-state index in [1.807, 2.05) is 13.8 Å². The van der Waals surface area contributed by atoms with Crippen LogP contribution in [0.25, 0.3) is 0 Å².